The summed E-state index contributed by atoms with van der Waals surface area (Å²) in [6, 6.07) is 5.20. The Labute approximate surface area is 109 Å². The molecule has 0 amide bonds. The number of hydrogen-bond acceptors (Lipinski definition) is 3. The standard InChI is InChI=1S/C12H13IO3/c1-3-7-16-11-6-5-9(8-10(11)13)12(14)15-4-2/h3,5-6,8H,1,4,7H2,2H3. The maximum atomic E-state index is 11.4. The molecule has 0 fully saturated rings. The molecule has 1 aromatic rings. The highest BCUT2D eigenvalue weighted by Gasteiger charge is 2.09. The Hall–Kier alpha value is -1.04. The second kappa shape index (κ2) is 6.52. The Kier molecular flexibility index (Phi) is 5.31. The molecule has 0 aliphatic carbocycles. The lowest BCUT2D eigenvalue weighted by Crippen LogP contribution is -2.05. The highest BCUT2D eigenvalue weighted by molar-refractivity contribution is 14.1. The third-order valence-electron chi connectivity index (χ3n) is 1.80. The van der Waals surface area contributed by atoms with Gasteiger partial charge in [-0.1, -0.05) is 12.7 Å². The summed E-state index contributed by atoms with van der Waals surface area (Å²) in [5.41, 5.74) is 0.539. The predicted molar refractivity (Wildman–Crippen MR) is 70.8 cm³/mol. The number of esters is 1. The van der Waals surface area contributed by atoms with Gasteiger partial charge in [0.15, 0.2) is 0 Å². The summed E-state index contributed by atoms with van der Waals surface area (Å²) in [5.74, 6) is 0.434. The smallest absolute Gasteiger partial charge is 0.338 e. The molecular formula is C12H13IO3. The van der Waals surface area contributed by atoms with Crippen molar-refractivity contribution in [3.05, 3.63) is 40.0 Å². The molecule has 0 aliphatic heterocycles. The van der Waals surface area contributed by atoms with Crippen LogP contribution >= 0.6 is 22.6 Å². The molecule has 16 heavy (non-hydrogen) atoms. The summed E-state index contributed by atoms with van der Waals surface area (Å²) in [4.78, 5) is 11.4. The van der Waals surface area contributed by atoms with Gasteiger partial charge in [0, 0.05) is 0 Å². The molecular weight excluding hydrogens is 319 g/mol. The van der Waals surface area contributed by atoms with Gasteiger partial charge < -0.3 is 9.47 Å². The van der Waals surface area contributed by atoms with Gasteiger partial charge in [0.2, 0.25) is 0 Å². The van der Waals surface area contributed by atoms with E-state index in [1.54, 1.807) is 31.2 Å². The average molecular weight is 332 g/mol. The molecule has 0 bridgehead atoms. The first-order valence-corrected chi connectivity index (χ1v) is 5.97. The number of carbonyl (C=O) groups is 1. The third kappa shape index (κ3) is 3.52. The van der Waals surface area contributed by atoms with E-state index in [0.29, 0.717) is 18.8 Å². The quantitative estimate of drug-likeness (QED) is 0.472. The molecule has 0 unspecified atom stereocenters. The number of hydrogen-bond donors (Lipinski definition) is 0. The monoisotopic (exact) mass is 332 g/mol. The first-order valence-electron chi connectivity index (χ1n) is 4.89. The summed E-state index contributed by atoms with van der Waals surface area (Å²) >= 11 is 2.12. The molecule has 0 aromatic heterocycles. The largest absolute Gasteiger partial charge is 0.488 e. The van der Waals surface area contributed by atoms with Gasteiger partial charge in [-0.3, -0.25) is 0 Å². The summed E-state index contributed by atoms with van der Waals surface area (Å²) in [6.07, 6.45) is 1.68. The zero-order chi connectivity index (χ0) is 12.0. The first kappa shape index (κ1) is 13.0. The molecule has 0 N–H and O–H groups in total. The molecule has 0 saturated heterocycles. The molecule has 0 aliphatic rings. The number of carbonyl (C=O) groups excluding carboxylic acids is 1. The van der Waals surface area contributed by atoms with E-state index in [2.05, 4.69) is 29.2 Å². The van der Waals surface area contributed by atoms with E-state index < -0.39 is 0 Å². The minimum atomic E-state index is -0.310. The molecule has 0 spiro atoms. The van der Waals surface area contributed by atoms with E-state index in [4.69, 9.17) is 9.47 Å². The van der Waals surface area contributed by atoms with Crippen LogP contribution in [-0.4, -0.2) is 19.2 Å². The Bertz CT molecular complexity index is 388. The van der Waals surface area contributed by atoms with Crippen LogP contribution < -0.4 is 4.74 Å². The second-order valence-corrected chi connectivity index (χ2v) is 4.13. The highest BCUT2D eigenvalue weighted by atomic mass is 127. The van der Waals surface area contributed by atoms with Crippen LogP contribution in [0.3, 0.4) is 0 Å². The lowest BCUT2D eigenvalue weighted by atomic mass is 10.2. The molecule has 0 saturated carbocycles. The maximum Gasteiger partial charge on any atom is 0.338 e. The third-order valence-corrected chi connectivity index (χ3v) is 2.64. The van der Waals surface area contributed by atoms with Crippen LogP contribution in [-0.2, 0) is 4.74 Å². The van der Waals surface area contributed by atoms with Crippen molar-refractivity contribution in [1.29, 1.82) is 0 Å². The van der Waals surface area contributed by atoms with Gasteiger partial charge in [0.05, 0.1) is 15.7 Å². The Morgan fingerprint density at radius 1 is 1.56 bits per heavy atom. The summed E-state index contributed by atoms with van der Waals surface area (Å²) in [5, 5.41) is 0. The van der Waals surface area contributed by atoms with Crippen LogP contribution in [0.25, 0.3) is 0 Å². The van der Waals surface area contributed by atoms with Crippen LogP contribution in [0.2, 0.25) is 0 Å². The van der Waals surface area contributed by atoms with Gasteiger partial charge in [-0.05, 0) is 47.7 Å². The summed E-state index contributed by atoms with van der Waals surface area (Å²) < 4.78 is 11.2. The number of halogens is 1. The Balaban J connectivity index is 2.81. The summed E-state index contributed by atoms with van der Waals surface area (Å²) in [7, 11) is 0. The van der Waals surface area contributed by atoms with Gasteiger partial charge >= 0.3 is 5.97 Å². The SMILES string of the molecule is C=CCOc1ccc(C(=O)OCC)cc1I. The molecule has 86 valence electrons. The molecule has 0 radical (unpaired) electrons. The van der Waals surface area contributed by atoms with Crippen LogP contribution in [0.1, 0.15) is 17.3 Å². The molecule has 1 aromatic carbocycles. The zero-order valence-electron chi connectivity index (χ0n) is 9.03. The molecule has 1 rings (SSSR count). The molecule has 0 atom stereocenters. The van der Waals surface area contributed by atoms with E-state index in [1.165, 1.54) is 0 Å². The van der Waals surface area contributed by atoms with Crippen molar-refractivity contribution < 1.29 is 14.3 Å². The van der Waals surface area contributed by atoms with Crippen LogP contribution in [0.15, 0.2) is 30.9 Å². The molecule has 3 nitrogen and oxygen atoms in total. The fourth-order valence-electron chi connectivity index (χ4n) is 1.11. The summed E-state index contributed by atoms with van der Waals surface area (Å²) in [6.45, 7) is 6.19. The topological polar surface area (TPSA) is 35.5 Å². The van der Waals surface area contributed by atoms with Gasteiger partial charge in [0.1, 0.15) is 12.4 Å². The fraction of sp³-hybridized carbons (Fsp3) is 0.250. The van der Waals surface area contributed by atoms with Crippen LogP contribution in [0, 0.1) is 3.57 Å². The minimum Gasteiger partial charge on any atom is -0.488 e. The van der Waals surface area contributed by atoms with Gasteiger partial charge in [-0.2, -0.15) is 0 Å². The van der Waals surface area contributed by atoms with E-state index >= 15 is 0 Å². The van der Waals surface area contributed by atoms with Crippen LogP contribution in [0.4, 0.5) is 0 Å². The normalized spacial score (nSPS) is 9.62. The van der Waals surface area contributed by atoms with Crippen molar-refractivity contribution in [3.63, 3.8) is 0 Å². The van der Waals surface area contributed by atoms with Gasteiger partial charge in [0.25, 0.3) is 0 Å². The van der Waals surface area contributed by atoms with Gasteiger partial charge in [-0.25, -0.2) is 4.79 Å². The maximum absolute atomic E-state index is 11.4. The Morgan fingerprint density at radius 3 is 2.88 bits per heavy atom. The van der Waals surface area contributed by atoms with Crippen molar-refractivity contribution >= 4 is 28.6 Å². The predicted octanol–water partition coefficient (Wildman–Crippen LogP) is 3.03. The number of benzene rings is 1. The van der Waals surface area contributed by atoms with Crippen molar-refractivity contribution in [2.24, 2.45) is 0 Å². The van der Waals surface area contributed by atoms with Crippen molar-refractivity contribution in [3.8, 4) is 5.75 Å². The molecule has 0 heterocycles. The fourth-order valence-corrected chi connectivity index (χ4v) is 1.78. The lowest BCUT2D eigenvalue weighted by Gasteiger charge is -2.07. The van der Waals surface area contributed by atoms with Crippen molar-refractivity contribution in [1.82, 2.24) is 0 Å². The second-order valence-electron chi connectivity index (χ2n) is 2.97. The lowest BCUT2D eigenvalue weighted by molar-refractivity contribution is 0.0526. The van der Waals surface area contributed by atoms with Crippen molar-refractivity contribution in [2.75, 3.05) is 13.2 Å². The van der Waals surface area contributed by atoms with Crippen LogP contribution in [0.5, 0.6) is 5.75 Å². The number of rotatable bonds is 5. The van der Waals surface area contributed by atoms with Gasteiger partial charge in [-0.15, -0.1) is 0 Å². The zero-order valence-corrected chi connectivity index (χ0v) is 11.2. The van der Waals surface area contributed by atoms with Crippen molar-refractivity contribution in [2.45, 2.75) is 6.92 Å². The highest BCUT2D eigenvalue weighted by Crippen LogP contribution is 2.22. The molecule has 4 heteroatoms. The van der Waals surface area contributed by atoms with E-state index in [1.807, 2.05) is 0 Å². The van der Waals surface area contributed by atoms with E-state index in [0.717, 1.165) is 9.32 Å². The minimum absolute atomic E-state index is 0.310. The Morgan fingerprint density at radius 2 is 2.31 bits per heavy atom. The van der Waals surface area contributed by atoms with E-state index in [-0.39, 0.29) is 5.97 Å². The number of ether oxygens (including phenoxy) is 2. The first-order chi connectivity index (χ1) is 7.69. The average Bonchev–Trinajstić information content (AvgIpc) is 2.27. The van der Waals surface area contributed by atoms with E-state index in [9.17, 15) is 4.79 Å².